The second-order valence-corrected chi connectivity index (χ2v) is 8.48. The summed E-state index contributed by atoms with van der Waals surface area (Å²) in [4.78, 5) is 13.3. The van der Waals surface area contributed by atoms with Gasteiger partial charge in [-0.15, -0.1) is 0 Å². The van der Waals surface area contributed by atoms with Gasteiger partial charge in [-0.1, -0.05) is 84.4 Å². The van der Waals surface area contributed by atoms with E-state index < -0.39 is 15.9 Å². The summed E-state index contributed by atoms with van der Waals surface area (Å²) in [6, 6.07) is 26.2. The monoisotopic (exact) mass is 455 g/mol. The van der Waals surface area contributed by atoms with E-state index in [-0.39, 0.29) is 12.6 Å². The fraction of sp³-hybridized carbons (Fsp3) is 0.208. The molecule has 4 rings (SSSR count). The fourth-order valence-corrected chi connectivity index (χ4v) is 3.65. The predicted molar refractivity (Wildman–Crippen MR) is 120 cm³/mol. The first-order valence-corrected chi connectivity index (χ1v) is 11.4. The zero-order chi connectivity index (χ0) is 23.2. The Labute approximate surface area is 187 Å². The molecule has 1 atom stereocenters. The zero-order valence-corrected chi connectivity index (χ0v) is 18.4. The maximum atomic E-state index is 13.3. The Morgan fingerprint density at radius 1 is 0.938 bits per heavy atom. The van der Waals surface area contributed by atoms with E-state index in [1.165, 1.54) is 16.7 Å². The van der Waals surface area contributed by atoms with Crippen molar-refractivity contribution in [2.24, 2.45) is 0 Å². The van der Waals surface area contributed by atoms with Crippen molar-refractivity contribution in [3.63, 3.8) is 0 Å². The number of nitrogens with one attached hydrogen (secondary N) is 1. The number of aryl methyl sites for hydroxylation is 1. The zero-order valence-electron chi connectivity index (χ0n) is 17.6. The number of carbonyl (C=O) groups is 1. The van der Waals surface area contributed by atoms with Crippen LogP contribution in [0.15, 0.2) is 78.9 Å². The summed E-state index contributed by atoms with van der Waals surface area (Å²) in [5.41, 5.74) is 4.66. The molecule has 1 aliphatic rings. The summed E-state index contributed by atoms with van der Waals surface area (Å²) in [5.74, 6) is -0.232. The Hall–Kier alpha value is -3.04. The molecule has 0 aromatic heterocycles. The van der Waals surface area contributed by atoms with Crippen LogP contribution in [0.4, 0.5) is 0 Å². The van der Waals surface area contributed by atoms with Crippen LogP contribution in [-0.2, 0) is 45.0 Å². The lowest BCUT2D eigenvalue weighted by molar-refractivity contribution is -0.154. The Morgan fingerprint density at radius 3 is 2.12 bits per heavy atom. The van der Waals surface area contributed by atoms with Gasteiger partial charge in [0.05, 0.1) is 0 Å². The average molecular weight is 456 g/mol. The van der Waals surface area contributed by atoms with Gasteiger partial charge in [0.2, 0.25) is 0 Å². The van der Waals surface area contributed by atoms with Gasteiger partial charge in [0, 0.05) is 13.0 Å². The Bertz CT molecular complexity index is 1150. The summed E-state index contributed by atoms with van der Waals surface area (Å²) in [5, 5.41) is 3.49. The number of carbonyl (C=O) groups excluding carboxylic acids is 1. The van der Waals surface area contributed by atoms with Gasteiger partial charge in [-0.3, -0.25) is 14.4 Å². The topological polar surface area (TPSA) is 113 Å². The van der Waals surface area contributed by atoms with Crippen LogP contribution in [0.3, 0.4) is 0 Å². The number of ether oxygens (including phenoxy) is 1. The molecule has 3 aromatic rings. The van der Waals surface area contributed by atoms with E-state index in [1.807, 2.05) is 73.7 Å². The van der Waals surface area contributed by atoms with Crippen LogP contribution in [0.25, 0.3) is 0 Å². The number of fused-ring (bicyclic) bond motifs is 1. The lowest BCUT2D eigenvalue weighted by Gasteiger charge is -2.37. The molecule has 0 saturated carbocycles. The van der Waals surface area contributed by atoms with Crippen molar-refractivity contribution in [3.05, 3.63) is 107 Å². The van der Waals surface area contributed by atoms with Crippen LogP contribution >= 0.6 is 0 Å². The molecule has 32 heavy (non-hydrogen) atoms. The molecule has 8 heteroatoms. The van der Waals surface area contributed by atoms with Crippen molar-refractivity contribution in [1.82, 2.24) is 5.32 Å². The first-order valence-electron chi connectivity index (χ1n) is 9.97. The van der Waals surface area contributed by atoms with E-state index in [1.54, 1.807) is 0 Å². The highest BCUT2D eigenvalue weighted by atomic mass is 32.3. The molecule has 0 radical (unpaired) electrons. The Morgan fingerprint density at radius 2 is 1.50 bits per heavy atom. The van der Waals surface area contributed by atoms with Gasteiger partial charge in [0.15, 0.2) is 0 Å². The SMILES string of the molecule is Cc1ccc([C@@]2(C(=O)OCc3ccccc3)Cc3ccccc3CN2)cc1.O=S(=O)(O)O. The molecule has 3 aromatic carbocycles. The van der Waals surface area contributed by atoms with Crippen molar-refractivity contribution in [3.8, 4) is 0 Å². The van der Waals surface area contributed by atoms with Crippen molar-refractivity contribution in [1.29, 1.82) is 0 Å². The largest absolute Gasteiger partial charge is 0.459 e. The molecular weight excluding hydrogens is 430 g/mol. The number of hydrogen-bond donors (Lipinski definition) is 3. The first-order chi connectivity index (χ1) is 15.2. The van der Waals surface area contributed by atoms with Crippen LogP contribution in [0.1, 0.15) is 27.8 Å². The smallest absolute Gasteiger partial charge is 0.394 e. The number of benzene rings is 3. The average Bonchev–Trinajstić information content (AvgIpc) is 2.77. The van der Waals surface area contributed by atoms with E-state index in [9.17, 15) is 4.79 Å². The maximum absolute atomic E-state index is 13.3. The van der Waals surface area contributed by atoms with E-state index in [0.29, 0.717) is 13.0 Å². The van der Waals surface area contributed by atoms with Crippen molar-refractivity contribution in [2.75, 3.05) is 0 Å². The predicted octanol–water partition coefficient (Wildman–Crippen LogP) is 3.63. The minimum Gasteiger partial charge on any atom is -0.459 e. The number of hydrogen-bond acceptors (Lipinski definition) is 5. The van der Waals surface area contributed by atoms with E-state index in [0.717, 1.165) is 11.1 Å². The lowest BCUT2D eigenvalue weighted by atomic mass is 9.79. The minimum absolute atomic E-state index is 0.232. The summed E-state index contributed by atoms with van der Waals surface area (Å²) < 4.78 is 37.4. The van der Waals surface area contributed by atoms with Gasteiger partial charge in [-0.2, -0.15) is 8.42 Å². The third-order valence-electron chi connectivity index (χ3n) is 5.26. The van der Waals surface area contributed by atoms with Crippen molar-refractivity contribution in [2.45, 2.75) is 32.0 Å². The molecule has 0 aliphatic carbocycles. The maximum Gasteiger partial charge on any atom is 0.394 e. The van der Waals surface area contributed by atoms with Crippen molar-refractivity contribution >= 4 is 16.4 Å². The Balaban J connectivity index is 0.000000523. The summed E-state index contributed by atoms with van der Waals surface area (Å²) in [7, 11) is -4.67. The third-order valence-corrected chi connectivity index (χ3v) is 5.26. The van der Waals surface area contributed by atoms with Gasteiger partial charge in [0.1, 0.15) is 12.1 Å². The molecule has 168 valence electrons. The second-order valence-electron chi connectivity index (χ2n) is 7.58. The molecule has 7 nitrogen and oxygen atoms in total. The van der Waals surface area contributed by atoms with Crippen LogP contribution in [-0.4, -0.2) is 23.5 Å². The molecule has 1 aliphatic heterocycles. The molecule has 0 amide bonds. The highest BCUT2D eigenvalue weighted by Gasteiger charge is 2.44. The van der Waals surface area contributed by atoms with Gasteiger partial charge >= 0.3 is 16.4 Å². The normalized spacial score (nSPS) is 17.5. The quantitative estimate of drug-likeness (QED) is 0.407. The number of rotatable bonds is 4. The standard InChI is InChI=1S/C24H23NO2.H2O4S/c1-18-11-13-22(14-12-18)24(15-20-9-5-6-10-21(20)16-25-24)23(26)27-17-19-7-3-2-4-8-19;1-5(2,3)4/h2-14,25H,15-17H2,1H3;(H2,1,2,3,4)/t24-;/m1./s1. The van der Waals surface area contributed by atoms with Crippen molar-refractivity contribution < 1.29 is 27.1 Å². The minimum atomic E-state index is -4.67. The lowest BCUT2D eigenvalue weighted by Crippen LogP contribution is -2.53. The highest BCUT2D eigenvalue weighted by Crippen LogP contribution is 2.33. The van der Waals surface area contributed by atoms with Crippen LogP contribution in [0.2, 0.25) is 0 Å². The molecule has 3 N–H and O–H groups in total. The van der Waals surface area contributed by atoms with Gasteiger partial charge in [-0.05, 0) is 29.2 Å². The first kappa shape index (κ1) is 23.6. The molecule has 0 spiro atoms. The van der Waals surface area contributed by atoms with Crippen LogP contribution < -0.4 is 5.32 Å². The van der Waals surface area contributed by atoms with Gasteiger partial charge in [0.25, 0.3) is 0 Å². The molecular formula is C24H25NO6S. The van der Waals surface area contributed by atoms with Gasteiger partial charge < -0.3 is 4.74 Å². The third kappa shape index (κ3) is 6.24. The van der Waals surface area contributed by atoms with E-state index >= 15 is 0 Å². The van der Waals surface area contributed by atoms with Gasteiger partial charge in [-0.25, -0.2) is 4.79 Å². The van der Waals surface area contributed by atoms with Crippen LogP contribution in [0, 0.1) is 6.92 Å². The highest BCUT2D eigenvalue weighted by molar-refractivity contribution is 7.79. The number of esters is 1. The Kier molecular flexibility index (Phi) is 7.42. The summed E-state index contributed by atoms with van der Waals surface area (Å²) in [6.45, 7) is 2.97. The fourth-order valence-electron chi connectivity index (χ4n) is 3.65. The summed E-state index contributed by atoms with van der Waals surface area (Å²) in [6.07, 6.45) is 0.583. The molecule has 0 unspecified atom stereocenters. The molecule has 1 heterocycles. The van der Waals surface area contributed by atoms with Crippen LogP contribution in [0.5, 0.6) is 0 Å². The molecule has 0 fully saturated rings. The van der Waals surface area contributed by atoms with E-state index in [4.69, 9.17) is 22.3 Å². The molecule has 0 bridgehead atoms. The molecule has 0 saturated heterocycles. The van der Waals surface area contributed by atoms with E-state index in [2.05, 4.69) is 17.4 Å². The second kappa shape index (κ2) is 10.1. The summed E-state index contributed by atoms with van der Waals surface area (Å²) >= 11 is 0.